The van der Waals surface area contributed by atoms with Gasteiger partial charge in [-0.3, -0.25) is 9.48 Å². The molecule has 10 heteroatoms. The van der Waals surface area contributed by atoms with Gasteiger partial charge >= 0.3 is 5.82 Å². The maximum atomic E-state index is 13.3. The van der Waals surface area contributed by atoms with Gasteiger partial charge in [-0.2, -0.15) is 9.78 Å². The number of amides is 1. The number of carbonyl (C=O) groups is 1. The van der Waals surface area contributed by atoms with E-state index >= 15 is 0 Å². The molecule has 4 bridgehead atoms. The van der Waals surface area contributed by atoms with E-state index in [1.807, 2.05) is 22.5 Å². The number of nitro groups is 1. The molecule has 2 aromatic heterocycles. The minimum Gasteiger partial charge on any atom is -0.358 e. The van der Waals surface area contributed by atoms with Crippen molar-refractivity contribution >= 4 is 29.0 Å². The first-order chi connectivity index (χ1) is 17.6. The number of rotatable bonds is 7. The lowest BCUT2D eigenvalue weighted by atomic mass is 9.46. The van der Waals surface area contributed by atoms with Gasteiger partial charge in [0.15, 0.2) is 5.02 Å². The van der Waals surface area contributed by atoms with Crippen LogP contribution in [0.15, 0.2) is 36.7 Å². The average Bonchev–Trinajstić information content (AvgIpc) is 3.38. The van der Waals surface area contributed by atoms with Gasteiger partial charge in [-0.1, -0.05) is 41.4 Å². The maximum absolute atomic E-state index is 13.3. The lowest BCUT2D eigenvalue weighted by Crippen LogP contribution is -2.57. The molecule has 3 aromatic rings. The molecule has 0 radical (unpaired) electrons. The SMILES string of the molecule is Cc1ccc(Cn2cc(NC(=O)CC34CC5CC(C3)CC(n3nc([N+](=O)[O-])c(Cl)c3C)(C5)C4)cn2)cc1. The molecule has 194 valence electrons. The topological polar surface area (TPSA) is 108 Å². The van der Waals surface area contributed by atoms with Crippen LogP contribution in [0.5, 0.6) is 0 Å². The van der Waals surface area contributed by atoms with Crippen LogP contribution in [0.3, 0.4) is 0 Å². The van der Waals surface area contributed by atoms with E-state index in [4.69, 9.17) is 11.6 Å². The van der Waals surface area contributed by atoms with E-state index in [2.05, 4.69) is 46.7 Å². The summed E-state index contributed by atoms with van der Waals surface area (Å²) in [6, 6.07) is 8.33. The first kappa shape index (κ1) is 24.2. The van der Waals surface area contributed by atoms with E-state index in [0.29, 0.717) is 36.2 Å². The number of carbonyl (C=O) groups excluding carboxylic acids is 1. The van der Waals surface area contributed by atoms with Gasteiger partial charge in [0.05, 0.1) is 34.8 Å². The molecule has 7 rings (SSSR count). The van der Waals surface area contributed by atoms with Crippen LogP contribution in [0.2, 0.25) is 5.02 Å². The molecule has 37 heavy (non-hydrogen) atoms. The van der Waals surface area contributed by atoms with Gasteiger partial charge in [-0.15, -0.1) is 0 Å². The molecule has 9 nitrogen and oxygen atoms in total. The van der Waals surface area contributed by atoms with Gasteiger partial charge in [-0.05, 0) is 80.1 Å². The molecule has 0 spiro atoms. The third-order valence-electron chi connectivity index (χ3n) is 8.72. The molecular weight excluding hydrogens is 492 g/mol. The number of halogens is 1. The Labute approximate surface area is 220 Å². The van der Waals surface area contributed by atoms with E-state index in [1.165, 1.54) is 5.56 Å². The molecule has 1 N–H and O–H groups in total. The Kier molecular flexibility index (Phi) is 5.67. The summed E-state index contributed by atoms with van der Waals surface area (Å²) >= 11 is 6.32. The van der Waals surface area contributed by atoms with Gasteiger partial charge in [0.1, 0.15) is 0 Å². The molecule has 0 aliphatic heterocycles. The summed E-state index contributed by atoms with van der Waals surface area (Å²) in [6.07, 6.45) is 9.86. The lowest BCUT2D eigenvalue weighted by molar-refractivity contribution is -0.389. The third kappa shape index (κ3) is 4.33. The van der Waals surface area contributed by atoms with Crippen LogP contribution in [-0.4, -0.2) is 30.4 Å². The van der Waals surface area contributed by atoms with Crippen molar-refractivity contribution in [3.63, 3.8) is 0 Å². The predicted octanol–water partition coefficient (Wildman–Crippen LogP) is 5.63. The fourth-order valence-electron chi connectivity index (χ4n) is 7.84. The van der Waals surface area contributed by atoms with E-state index in [1.54, 1.807) is 6.20 Å². The van der Waals surface area contributed by atoms with Crippen LogP contribution in [-0.2, 0) is 16.9 Å². The molecule has 4 aliphatic carbocycles. The Balaban J connectivity index is 1.18. The summed E-state index contributed by atoms with van der Waals surface area (Å²) in [5.41, 5.74) is 3.27. The monoisotopic (exact) mass is 522 g/mol. The highest BCUT2D eigenvalue weighted by Gasteiger charge is 2.60. The minimum absolute atomic E-state index is 0.00631. The van der Waals surface area contributed by atoms with Crippen molar-refractivity contribution in [3.05, 3.63) is 68.6 Å². The predicted molar refractivity (Wildman–Crippen MR) is 139 cm³/mol. The van der Waals surface area contributed by atoms with Crippen molar-refractivity contribution in [1.29, 1.82) is 0 Å². The van der Waals surface area contributed by atoms with E-state index in [9.17, 15) is 14.9 Å². The van der Waals surface area contributed by atoms with Crippen molar-refractivity contribution < 1.29 is 9.72 Å². The zero-order valence-corrected chi connectivity index (χ0v) is 21.9. The number of aryl methyl sites for hydroxylation is 1. The second-order valence-electron chi connectivity index (χ2n) is 11.7. The minimum atomic E-state index is -0.505. The summed E-state index contributed by atoms with van der Waals surface area (Å²) < 4.78 is 3.67. The number of anilines is 1. The van der Waals surface area contributed by atoms with Crippen molar-refractivity contribution in [2.75, 3.05) is 5.32 Å². The molecular formula is C27H31ClN6O3. The second kappa shape index (κ2) is 8.68. The zero-order valence-electron chi connectivity index (χ0n) is 21.1. The zero-order chi connectivity index (χ0) is 25.9. The molecule has 2 unspecified atom stereocenters. The second-order valence-corrected chi connectivity index (χ2v) is 12.1. The Morgan fingerprint density at radius 2 is 1.89 bits per heavy atom. The summed E-state index contributed by atoms with van der Waals surface area (Å²) in [5.74, 6) is 0.707. The quantitative estimate of drug-likeness (QED) is 0.319. The van der Waals surface area contributed by atoms with Crippen LogP contribution >= 0.6 is 11.6 Å². The van der Waals surface area contributed by atoms with Gasteiger partial charge < -0.3 is 15.4 Å². The number of aromatic nitrogens is 4. The van der Waals surface area contributed by atoms with Gasteiger partial charge in [0.2, 0.25) is 5.91 Å². The summed E-state index contributed by atoms with van der Waals surface area (Å²) in [5, 5.41) is 23.5. The Hall–Kier alpha value is -3.20. The standard InChI is InChI=1S/C27H31ClN6O3/c1-17-3-5-19(6-4-17)14-32-15-22(13-29-32)30-23(35)12-26-8-20-7-21(9-26)11-27(10-20,16-26)33-18(2)24(28)25(31-33)34(36)37/h3-6,13,15,20-21H,7-12,14,16H2,1-2H3,(H,30,35). The summed E-state index contributed by atoms with van der Waals surface area (Å²) in [4.78, 5) is 24.3. The average molecular weight is 523 g/mol. The fraction of sp³-hybridized carbons (Fsp3) is 0.519. The van der Waals surface area contributed by atoms with Crippen molar-refractivity contribution in [2.24, 2.45) is 17.3 Å². The van der Waals surface area contributed by atoms with Crippen LogP contribution in [0.4, 0.5) is 11.5 Å². The molecule has 1 amide bonds. The van der Waals surface area contributed by atoms with Crippen LogP contribution < -0.4 is 5.32 Å². The van der Waals surface area contributed by atoms with Gasteiger partial charge in [-0.25, -0.2) is 0 Å². The normalized spacial score (nSPS) is 28.0. The van der Waals surface area contributed by atoms with Gasteiger partial charge in [0.25, 0.3) is 0 Å². The van der Waals surface area contributed by atoms with Gasteiger partial charge in [0, 0.05) is 12.6 Å². The lowest BCUT2D eigenvalue weighted by Gasteiger charge is -2.61. The van der Waals surface area contributed by atoms with Crippen molar-refractivity contribution in [2.45, 2.75) is 70.9 Å². The van der Waals surface area contributed by atoms with Crippen molar-refractivity contribution in [1.82, 2.24) is 19.6 Å². The highest BCUT2D eigenvalue weighted by atomic mass is 35.5. The molecule has 1 aromatic carbocycles. The molecule has 4 aliphatic rings. The fourth-order valence-corrected chi connectivity index (χ4v) is 8.03. The van der Waals surface area contributed by atoms with Crippen molar-refractivity contribution in [3.8, 4) is 0 Å². The first-order valence-electron chi connectivity index (χ1n) is 12.9. The van der Waals surface area contributed by atoms with E-state index in [-0.39, 0.29) is 27.7 Å². The number of hydrogen-bond acceptors (Lipinski definition) is 5. The number of nitrogens with zero attached hydrogens (tertiary/aromatic N) is 5. The van der Waals surface area contributed by atoms with E-state index in [0.717, 1.165) is 44.1 Å². The van der Waals surface area contributed by atoms with Crippen LogP contribution in [0, 0.1) is 41.2 Å². The van der Waals surface area contributed by atoms with Crippen LogP contribution in [0.25, 0.3) is 0 Å². The van der Waals surface area contributed by atoms with E-state index < -0.39 is 4.92 Å². The maximum Gasteiger partial charge on any atom is 0.408 e. The molecule has 0 saturated heterocycles. The molecule has 2 heterocycles. The summed E-state index contributed by atoms with van der Waals surface area (Å²) in [7, 11) is 0. The Bertz CT molecular complexity index is 1360. The third-order valence-corrected chi connectivity index (χ3v) is 9.16. The first-order valence-corrected chi connectivity index (χ1v) is 13.3. The Morgan fingerprint density at radius 1 is 1.19 bits per heavy atom. The largest absolute Gasteiger partial charge is 0.408 e. The number of hydrogen-bond donors (Lipinski definition) is 1. The molecule has 4 saturated carbocycles. The summed E-state index contributed by atoms with van der Waals surface area (Å²) in [6.45, 7) is 4.52. The number of benzene rings is 1. The smallest absolute Gasteiger partial charge is 0.358 e. The Morgan fingerprint density at radius 3 is 2.54 bits per heavy atom. The number of nitrogens with one attached hydrogen (secondary N) is 1. The van der Waals surface area contributed by atoms with Crippen LogP contribution in [0.1, 0.15) is 61.8 Å². The molecule has 2 atom stereocenters. The highest BCUT2D eigenvalue weighted by molar-refractivity contribution is 6.33. The molecule has 4 fully saturated rings. The highest BCUT2D eigenvalue weighted by Crippen LogP contribution is 2.65.